The second-order valence-corrected chi connectivity index (χ2v) is 7.63. The molecule has 0 atom stereocenters. The normalized spacial score (nSPS) is 11.7. The van der Waals surface area contributed by atoms with Gasteiger partial charge >= 0.3 is 0 Å². The van der Waals surface area contributed by atoms with E-state index >= 15 is 0 Å². The minimum Gasteiger partial charge on any atom is -0.493 e. The number of carbonyl (C=O) groups is 1. The number of carbonyl (C=O) groups excluding carboxylic acids is 1. The van der Waals surface area contributed by atoms with Gasteiger partial charge in [0.05, 0.1) is 14.2 Å². The number of methoxy groups -OCH3 is 2. The van der Waals surface area contributed by atoms with Crippen LogP contribution < -0.4 is 19.5 Å². The topological polar surface area (TPSA) is 56.8 Å². The number of allylic oxidation sites excluding steroid dienone is 2. The van der Waals surface area contributed by atoms with Crippen molar-refractivity contribution in [1.82, 2.24) is 5.32 Å². The summed E-state index contributed by atoms with van der Waals surface area (Å²) in [5, 5.41) is 2.73. The zero-order valence-corrected chi connectivity index (χ0v) is 19.5. The number of nitrogens with one attached hydrogen (secondary N) is 1. The molecule has 1 N–H and O–H groups in total. The summed E-state index contributed by atoms with van der Waals surface area (Å²) in [6.07, 6.45) is 6.33. The van der Waals surface area contributed by atoms with Crippen LogP contribution in [-0.2, 0) is 10.5 Å². The minimum atomic E-state index is -1.48. The van der Waals surface area contributed by atoms with Crippen LogP contribution in [-0.4, -0.2) is 26.7 Å². The first-order valence-electron chi connectivity index (χ1n) is 10.3. The summed E-state index contributed by atoms with van der Waals surface area (Å²) in [6, 6.07) is 12.2. The van der Waals surface area contributed by atoms with Crippen molar-refractivity contribution in [2.24, 2.45) is 0 Å². The Kier molecular flexibility index (Phi) is 9.04. The van der Waals surface area contributed by atoms with Crippen molar-refractivity contribution in [3.05, 3.63) is 96.2 Å². The Labute approximate surface area is 194 Å². The van der Waals surface area contributed by atoms with E-state index in [4.69, 9.17) is 14.2 Å². The molecule has 0 aromatic heterocycles. The minimum absolute atomic E-state index is 0.126. The molecule has 0 aliphatic carbocycles. The summed E-state index contributed by atoms with van der Waals surface area (Å²) in [4.78, 5) is 12.4. The molecule has 0 unspecified atom stereocenters. The van der Waals surface area contributed by atoms with E-state index in [-0.39, 0.29) is 12.5 Å². The van der Waals surface area contributed by atoms with E-state index in [0.29, 0.717) is 34.1 Å². The van der Waals surface area contributed by atoms with Crippen molar-refractivity contribution in [3.63, 3.8) is 0 Å². The quantitative estimate of drug-likeness (QED) is 0.349. The van der Waals surface area contributed by atoms with Crippen molar-refractivity contribution in [2.45, 2.75) is 19.5 Å². The molecule has 0 heterocycles. The van der Waals surface area contributed by atoms with Gasteiger partial charge in [0.2, 0.25) is 5.91 Å². The van der Waals surface area contributed by atoms with Crippen molar-refractivity contribution in [1.29, 1.82) is 0 Å². The maximum Gasteiger partial charge on any atom is 0.248 e. The molecule has 6 heteroatoms. The van der Waals surface area contributed by atoms with Gasteiger partial charge in [-0.05, 0) is 55.3 Å². The van der Waals surface area contributed by atoms with Crippen LogP contribution in [0.1, 0.15) is 25.0 Å². The lowest BCUT2D eigenvalue weighted by atomic mass is 10.0. The Morgan fingerprint density at radius 2 is 1.85 bits per heavy atom. The molecule has 0 spiro atoms. The van der Waals surface area contributed by atoms with Crippen molar-refractivity contribution >= 4 is 12.0 Å². The molecule has 5 nitrogen and oxygen atoms in total. The third-order valence-electron chi connectivity index (χ3n) is 4.73. The fourth-order valence-electron chi connectivity index (χ4n) is 2.89. The molecule has 0 aliphatic rings. The number of rotatable bonds is 11. The molecule has 0 aliphatic heterocycles. The van der Waals surface area contributed by atoms with Crippen LogP contribution in [0.15, 0.2) is 85.1 Å². The average Bonchev–Trinajstić information content (AvgIpc) is 2.79. The first-order valence-corrected chi connectivity index (χ1v) is 10.3. The summed E-state index contributed by atoms with van der Waals surface area (Å²) in [5.74, 6) is 1.33. The number of hydrogen-bond donors (Lipinski definition) is 1. The number of benzene rings is 2. The Hall–Kier alpha value is -3.80. The molecular weight excluding hydrogens is 421 g/mol. The molecule has 0 fully saturated rings. The first kappa shape index (κ1) is 25.5. The third-order valence-corrected chi connectivity index (χ3v) is 4.73. The van der Waals surface area contributed by atoms with E-state index in [1.165, 1.54) is 19.9 Å². The lowest BCUT2D eigenvalue weighted by molar-refractivity contribution is -0.115. The van der Waals surface area contributed by atoms with Gasteiger partial charge < -0.3 is 19.5 Å². The molecule has 0 saturated heterocycles. The van der Waals surface area contributed by atoms with E-state index in [9.17, 15) is 9.18 Å². The smallest absolute Gasteiger partial charge is 0.248 e. The molecule has 33 heavy (non-hydrogen) atoms. The van der Waals surface area contributed by atoms with Crippen LogP contribution in [0.3, 0.4) is 0 Å². The van der Waals surface area contributed by atoms with Gasteiger partial charge in [-0.3, -0.25) is 4.79 Å². The van der Waals surface area contributed by atoms with Crippen LogP contribution in [0.25, 0.3) is 6.08 Å². The Bertz CT molecular complexity index is 1060. The summed E-state index contributed by atoms with van der Waals surface area (Å²) >= 11 is 0. The summed E-state index contributed by atoms with van der Waals surface area (Å²) in [7, 11) is 3.11. The van der Waals surface area contributed by atoms with Crippen LogP contribution in [0.2, 0.25) is 0 Å². The van der Waals surface area contributed by atoms with Gasteiger partial charge in [-0.25, -0.2) is 4.39 Å². The van der Waals surface area contributed by atoms with E-state index in [2.05, 4.69) is 18.5 Å². The molecule has 1 amide bonds. The molecule has 0 radical (unpaired) electrons. The molecular formula is C27H30FNO4. The predicted molar refractivity (Wildman–Crippen MR) is 130 cm³/mol. The van der Waals surface area contributed by atoms with Gasteiger partial charge in [-0.15, -0.1) is 0 Å². The lowest BCUT2D eigenvalue weighted by Gasteiger charge is -2.17. The molecule has 174 valence electrons. The van der Waals surface area contributed by atoms with Crippen molar-refractivity contribution < 1.29 is 23.4 Å². The van der Waals surface area contributed by atoms with Gasteiger partial charge in [0, 0.05) is 17.3 Å². The third kappa shape index (κ3) is 7.68. The van der Waals surface area contributed by atoms with Gasteiger partial charge in [-0.1, -0.05) is 43.5 Å². The van der Waals surface area contributed by atoms with Crippen LogP contribution in [0.5, 0.6) is 17.2 Å². The van der Waals surface area contributed by atoms with E-state index < -0.39 is 5.67 Å². The van der Waals surface area contributed by atoms with E-state index in [1.807, 2.05) is 6.07 Å². The highest BCUT2D eigenvalue weighted by Crippen LogP contribution is 2.28. The Morgan fingerprint density at radius 1 is 1.12 bits per heavy atom. The monoisotopic (exact) mass is 451 g/mol. The standard InChI is InChI=1S/C27H30FNO4/c1-7-9-21(18-33-23-11-8-10-22(17-23)27(3,4)28)19(2)29-26(30)15-13-20-12-14-24(31-5)25(16-20)32-6/h7-17H,1-2,18H2,3-6H3,(H,29,30)/b15-13+,21-9-. The van der Waals surface area contributed by atoms with Crippen LogP contribution in [0, 0.1) is 0 Å². The van der Waals surface area contributed by atoms with Gasteiger partial charge in [-0.2, -0.15) is 0 Å². The average molecular weight is 452 g/mol. The molecule has 0 saturated carbocycles. The zero-order valence-electron chi connectivity index (χ0n) is 19.5. The number of amides is 1. The highest BCUT2D eigenvalue weighted by molar-refractivity contribution is 5.93. The zero-order chi connectivity index (χ0) is 24.4. The van der Waals surface area contributed by atoms with Gasteiger partial charge in [0.1, 0.15) is 18.0 Å². The van der Waals surface area contributed by atoms with E-state index in [1.54, 1.807) is 68.8 Å². The largest absolute Gasteiger partial charge is 0.493 e. The summed E-state index contributed by atoms with van der Waals surface area (Å²) in [5.41, 5.74) is 0.814. The van der Waals surface area contributed by atoms with Gasteiger partial charge in [0.15, 0.2) is 11.5 Å². The molecule has 2 aromatic rings. The van der Waals surface area contributed by atoms with Crippen LogP contribution >= 0.6 is 0 Å². The summed E-state index contributed by atoms with van der Waals surface area (Å²) < 4.78 is 30.5. The number of alkyl halides is 1. The SMILES string of the molecule is C=C/C=C(/COc1cccc(C(C)(C)F)c1)C(=C)NC(=O)/C=C/c1ccc(OC)c(OC)c1. The molecule has 2 rings (SSSR count). The number of hydrogen-bond acceptors (Lipinski definition) is 4. The van der Waals surface area contributed by atoms with Crippen molar-refractivity contribution in [2.75, 3.05) is 20.8 Å². The number of ether oxygens (including phenoxy) is 3. The predicted octanol–water partition coefficient (Wildman–Crippen LogP) is 5.74. The Morgan fingerprint density at radius 3 is 2.48 bits per heavy atom. The van der Waals surface area contributed by atoms with Crippen LogP contribution in [0.4, 0.5) is 4.39 Å². The van der Waals surface area contributed by atoms with Gasteiger partial charge in [0.25, 0.3) is 0 Å². The lowest BCUT2D eigenvalue weighted by Crippen LogP contribution is -2.22. The highest BCUT2D eigenvalue weighted by Gasteiger charge is 2.19. The number of halogens is 1. The highest BCUT2D eigenvalue weighted by atomic mass is 19.1. The second kappa shape index (κ2) is 11.7. The molecule has 2 aromatic carbocycles. The first-order chi connectivity index (χ1) is 15.7. The molecule has 0 bridgehead atoms. The maximum atomic E-state index is 14.2. The summed E-state index contributed by atoms with van der Waals surface area (Å²) in [6.45, 7) is 10.7. The fourth-order valence-corrected chi connectivity index (χ4v) is 2.89. The fraction of sp³-hybridized carbons (Fsp3) is 0.222. The maximum absolute atomic E-state index is 14.2. The second-order valence-electron chi connectivity index (χ2n) is 7.63. The van der Waals surface area contributed by atoms with Crippen molar-refractivity contribution in [3.8, 4) is 17.2 Å². The van der Waals surface area contributed by atoms with E-state index in [0.717, 1.165) is 5.56 Å². The Balaban J connectivity index is 2.02.